The molecular formula is C33H36F3N3O3. The van der Waals surface area contributed by atoms with Crippen molar-refractivity contribution < 1.29 is 27.5 Å². The van der Waals surface area contributed by atoms with Gasteiger partial charge in [-0.1, -0.05) is 48.5 Å². The predicted octanol–water partition coefficient (Wildman–Crippen LogP) is 7.54. The van der Waals surface area contributed by atoms with Crippen molar-refractivity contribution in [3.05, 3.63) is 101 Å². The fraction of sp³-hybridized carbons (Fsp3) is 0.394. The number of hydrogen-bond donors (Lipinski definition) is 2. The van der Waals surface area contributed by atoms with Crippen LogP contribution in [0.4, 0.5) is 23.7 Å². The Hall–Kier alpha value is -3.85. The van der Waals surface area contributed by atoms with Crippen LogP contribution in [0.5, 0.6) is 0 Å². The van der Waals surface area contributed by atoms with Gasteiger partial charge in [-0.3, -0.25) is 4.79 Å². The second-order valence-electron chi connectivity index (χ2n) is 12.1. The van der Waals surface area contributed by atoms with Crippen LogP contribution in [-0.2, 0) is 10.9 Å². The zero-order valence-electron chi connectivity index (χ0n) is 23.9. The molecule has 1 aliphatic carbocycles. The van der Waals surface area contributed by atoms with Gasteiger partial charge in [0.1, 0.15) is 5.60 Å². The standard InChI is InChI=1S/C33H36F3N3O3/c1-32(2,3)42-31(41)39-17-16-26(19-29(39)22-8-5-4-6-9-22)37-28-20-27(28)21-12-14-25(15-13-21)38-30(40)23-10-7-11-24(18-23)33(34,35)36/h4-15,18,26-29,37H,16-17,19-20H2,1-3H3,(H,38,40). The number of hydrogen-bond acceptors (Lipinski definition) is 4. The lowest BCUT2D eigenvalue weighted by molar-refractivity contribution is -0.137. The van der Waals surface area contributed by atoms with Crippen molar-refractivity contribution >= 4 is 17.7 Å². The highest BCUT2D eigenvalue weighted by Gasteiger charge is 2.42. The number of carbonyl (C=O) groups is 2. The molecule has 3 aromatic carbocycles. The first kappa shape index (κ1) is 29.6. The molecule has 1 saturated carbocycles. The maximum Gasteiger partial charge on any atom is 0.416 e. The second kappa shape index (κ2) is 11.8. The molecule has 1 heterocycles. The van der Waals surface area contributed by atoms with E-state index in [1.54, 1.807) is 12.1 Å². The summed E-state index contributed by atoms with van der Waals surface area (Å²) < 4.78 is 44.7. The number of ether oxygens (including phenoxy) is 1. The van der Waals surface area contributed by atoms with Crippen LogP contribution in [0, 0.1) is 0 Å². The number of nitrogens with zero attached hydrogens (tertiary/aromatic N) is 1. The summed E-state index contributed by atoms with van der Waals surface area (Å²) in [7, 11) is 0. The van der Waals surface area contributed by atoms with Crippen molar-refractivity contribution in [3.8, 4) is 0 Å². The van der Waals surface area contributed by atoms with E-state index in [4.69, 9.17) is 4.74 Å². The summed E-state index contributed by atoms with van der Waals surface area (Å²) in [5.74, 6) is -0.261. The van der Waals surface area contributed by atoms with Crippen molar-refractivity contribution in [1.29, 1.82) is 0 Å². The van der Waals surface area contributed by atoms with Crippen molar-refractivity contribution in [2.75, 3.05) is 11.9 Å². The Bertz CT molecular complexity index is 1400. The number of carbonyl (C=O) groups excluding carboxylic acids is 2. The number of benzene rings is 3. The van der Waals surface area contributed by atoms with Gasteiger partial charge in [-0.25, -0.2) is 4.79 Å². The van der Waals surface area contributed by atoms with Gasteiger partial charge in [-0.05, 0) is 81.5 Å². The Balaban J connectivity index is 1.18. The van der Waals surface area contributed by atoms with E-state index in [9.17, 15) is 22.8 Å². The molecule has 2 fully saturated rings. The number of anilines is 1. The topological polar surface area (TPSA) is 70.7 Å². The summed E-state index contributed by atoms with van der Waals surface area (Å²) in [5.41, 5.74) is 1.27. The molecule has 0 bridgehead atoms. The average molecular weight is 580 g/mol. The van der Waals surface area contributed by atoms with E-state index in [1.165, 1.54) is 12.1 Å². The molecule has 3 aromatic rings. The monoisotopic (exact) mass is 579 g/mol. The summed E-state index contributed by atoms with van der Waals surface area (Å²) in [5, 5.41) is 6.48. The Morgan fingerprint density at radius 2 is 1.60 bits per heavy atom. The maximum atomic E-state index is 13.0. The van der Waals surface area contributed by atoms with E-state index in [2.05, 4.69) is 22.8 Å². The zero-order chi connectivity index (χ0) is 30.1. The third-order valence-corrected chi connectivity index (χ3v) is 7.70. The minimum absolute atomic E-state index is 0.0492. The van der Waals surface area contributed by atoms with Crippen LogP contribution in [0.15, 0.2) is 78.9 Å². The molecular weight excluding hydrogens is 543 g/mol. The fourth-order valence-electron chi connectivity index (χ4n) is 5.55. The molecule has 2 aliphatic rings. The lowest BCUT2D eigenvalue weighted by Gasteiger charge is -2.40. The highest BCUT2D eigenvalue weighted by Crippen LogP contribution is 2.43. The molecule has 42 heavy (non-hydrogen) atoms. The Kier molecular flexibility index (Phi) is 8.32. The quantitative estimate of drug-likeness (QED) is 0.317. The van der Waals surface area contributed by atoms with E-state index in [1.807, 2.05) is 56.0 Å². The molecule has 1 saturated heterocycles. The van der Waals surface area contributed by atoms with E-state index in [0.717, 1.165) is 42.5 Å². The van der Waals surface area contributed by atoms with Crippen molar-refractivity contribution in [2.24, 2.45) is 0 Å². The number of amides is 2. The smallest absolute Gasteiger partial charge is 0.416 e. The lowest BCUT2D eigenvalue weighted by atomic mass is 9.92. The van der Waals surface area contributed by atoms with Gasteiger partial charge in [0.2, 0.25) is 0 Å². The summed E-state index contributed by atoms with van der Waals surface area (Å²) in [6.45, 7) is 6.23. The molecule has 1 aliphatic heterocycles. The number of alkyl halides is 3. The summed E-state index contributed by atoms with van der Waals surface area (Å²) in [6, 6.07) is 22.4. The van der Waals surface area contributed by atoms with Crippen LogP contribution in [-0.4, -0.2) is 41.1 Å². The molecule has 5 rings (SSSR count). The molecule has 9 heteroatoms. The maximum absolute atomic E-state index is 13.0. The predicted molar refractivity (Wildman–Crippen MR) is 155 cm³/mol. The van der Waals surface area contributed by atoms with E-state index < -0.39 is 23.2 Å². The second-order valence-corrected chi connectivity index (χ2v) is 12.1. The highest BCUT2D eigenvalue weighted by molar-refractivity contribution is 6.04. The Labute approximate surface area is 244 Å². The number of piperidine rings is 1. The van der Waals surface area contributed by atoms with Gasteiger partial charge in [0.15, 0.2) is 0 Å². The molecule has 0 spiro atoms. The molecule has 222 valence electrons. The van der Waals surface area contributed by atoms with Crippen molar-refractivity contribution in [1.82, 2.24) is 10.2 Å². The zero-order valence-corrected chi connectivity index (χ0v) is 23.9. The first-order chi connectivity index (χ1) is 19.9. The molecule has 4 unspecified atom stereocenters. The minimum Gasteiger partial charge on any atom is -0.444 e. The molecule has 4 atom stereocenters. The van der Waals surface area contributed by atoms with Gasteiger partial charge >= 0.3 is 12.3 Å². The van der Waals surface area contributed by atoms with Crippen LogP contribution in [0.3, 0.4) is 0 Å². The molecule has 0 aromatic heterocycles. The van der Waals surface area contributed by atoms with Gasteiger partial charge in [0, 0.05) is 35.8 Å². The number of nitrogens with one attached hydrogen (secondary N) is 2. The van der Waals surface area contributed by atoms with E-state index in [0.29, 0.717) is 24.2 Å². The molecule has 0 radical (unpaired) electrons. The first-order valence-corrected chi connectivity index (χ1v) is 14.3. The van der Waals surface area contributed by atoms with Crippen LogP contribution in [0.2, 0.25) is 0 Å². The normalized spacial score (nSPS) is 22.4. The van der Waals surface area contributed by atoms with Crippen LogP contribution < -0.4 is 10.6 Å². The first-order valence-electron chi connectivity index (χ1n) is 14.3. The van der Waals surface area contributed by atoms with Crippen LogP contribution in [0.1, 0.15) is 79.0 Å². The van der Waals surface area contributed by atoms with Gasteiger partial charge in [-0.15, -0.1) is 0 Å². The highest BCUT2D eigenvalue weighted by atomic mass is 19.4. The number of likely N-dealkylation sites (tertiary alicyclic amines) is 1. The van der Waals surface area contributed by atoms with Gasteiger partial charge in [-0.2, -0.15) is 13.2 Å². The summed E-state index contributed by atoms with van der Waals surface area (Å²) in [4.78, 5) is 27.4. The number of halogens is 3. The largest absolute Gasteiger partial charge is 0.444 e. The van der Waals surface area contributed by atoms with E-state index in [-0.39, 0.29) is 23.7 Å². The number of rotatable bonds is 6. The average Bonchev–Trinajstić information content (AvgIpc) is 3.71. The third kappa shape index (κ3) is 7.31. The lowest BCUT2D eigenvalue weighted by Crippen LogP contribution is -2.48. The summed E-state index contributed by atoms with van der Waals surface area (Å²) in [6.07, 6.45) is -2.21. The van der Waals surface area contributed by atoms with Gasteiger partial charge in [0.25, 0.3) is 5.91 Å². The summed E-state index contributed by atoms with van der Waals surface area (Å²) >= 11 is 0. The Morgan fingerprint density at radius 3 is 2.26 bits per heavy atom. The molecule has 2 N–H and O–H groups in total. The Morgan fingerprint density at radius 1 is 0.881 bits per heavy atom. The fourth-order valence-corrected chi connectivity index (χ4v) is 5.55. The molecule has 2 amide bonds. The molecule has 6 nitrogen and oxygen atoms in total. The van der Waals surface area contributed by atoms with Gasteiger partial charge in [0.05, 0.1) is 11.6 Å². The van der Waals surface area contributed by atoms with Crippen molar-refractivity contribution in [3.63, 3.8) is 0 Å². The third-order valence-electron chi connectivity index (χ3n) is 7.70. The SMILES string of the molecule is CC(C)(C)OC(=O)N1CCC(NC2CC2c2ccc(NC(=O)c3cccc(C(F)(F)F)c3)cc2)CC1c1ccccc1. The van der Waals surface area contributed by atoms with E-state index >= 15 is 0 Å². The van der Waals surface area contributed by atoms with Crippen LogP contribution >= 0.6 is 0 Å². The van der Waals surface area contributed by atoms with Gasteiger partial charge < -0.3 is 20.3 Å². The van der Waals surface area contributed by atoms with Crippen LogP contribution in [0.25, 0.3) is 0 Å². The minimum atomic E-state index is -4.51. The van der Waals surface area contributed by atoms with Crippen molar-refractivity contribution in [2.45, 2.75) is 75.9 Å².